The van der Waals surface area contributed by atoms with Crippen molar-refractivity contribution in [3.63, 3.8) is 0 Å². The lowest BCUT2D eigenvalue weighted by Crippen LogP contribution is -2.54. The summed E-state index contributed by atoms with van der Waals surface area (Å²) in [6.45, 7) is -0.0683. The number of nitrogens with one attached hydrogen (secondary N) is 7. The van der Waals surface area contributed by atoms with E-state index in [0.29, 0.717) is 37.1 Å². The maximum Gasteiger partial charge on any atom is 0.326 e. The summed E-state index contributed by atoms with van der Waals surface area (Å²) in [7, 11) is 0. The van der Waals surface area contributed by atoms with Crippen molar-refractivity contribution in [1.82, 2.24) is 51.5 Å². The van der Waals surface area contributed by atoms with E-state index in [0.717, 1.165) is 5.56 Å². The molecular weight excluding hydrogens is 1180 g/mol. The maximum absolute atomic E-state index is 13.7. The molecule has 0 aliphatic carbocycles. The molecule has 1 aliphatic rings. The number of hydrogen-bond donors (Lipinski definition) is 15. The van der Waals surface area contributed by atoms with Crippen LogP contribution in [0.1, 0.15) is 81.8 Å². The van der Waals surface area contributed by atoms with Crippen molar-refractivity contribution >= 4 is 94.5 Å². The molecule has 3 rings (SSSR count). The topological polar surface area (TPSA) is 464 Å². The van der Waals surface area contributed by atoms with Crippen molar-refractivity contribution < 1.29 is 98.4 Å². The maximum atomic E-state index is 13.7. The van der Waals surface area contributed by atoms with Gasteiger partial charge in [-0.1, -0.05) is 48.9 Å². The minimum absolute atomic E-state index is 0.00283. The number of rotatable bonds is 38. The van der Waals surface area contributed by atoms with Gasteiger partial charge in [0.25, 0.3) is 0 Å². The van der Waals surface area contributed by atoms with Crippen molar-refractivity contribution in [1.29, 1.82) is 0 Å². The number of carboxylic acid groups (broad SMARTS) is 8. The normalized spacial score (nSPS) is 15.8. The van der Waals surface area contributed by atoms with Crippen molar-refractivity contribution in [2.75, 3.05) is 90.4 Å². The summed E-state index contributed by atoms with van der Waals surface area (Å²) < 4.78 is 0. The van der Waals surface area contributed by atoms with Gasteiger partial charge in [0.15, 0.2) is 5.11 Å². The van der Waals surface area contributed by atoms with Crippen LogP contribution in [-0.2, 0) is 65.6 Å². The SMILES string of the molecule is O=C(O)CC[C@H](NC(=O)N[C@@H](CCCCNC(=O)[C@H](Cc1ccccc1)NC(=O)[C@H](CCC(=O)O)NC(=O)CCCCCNC(=S)Nc1ccc(C[C@@H]2CN(CC(=O)O)CCN(CC(=O)O)CCN(CC(=O)O)CCN2CC(=O)O)cc1)C(=O)O)C(=O)O. The number of unbranched alkanes of at least 4 members (excludes halogenated alkanes) is 3. The van der Waals surface area contributed by atoms with Gasteiger partial charge in [0.05, 0.1) is 26.2 Å². The number of nitrogens with zero attached hydrogens (tertiary/aromatic N) is 4. The number of carbonyl (C=O) groups is 12. The summed E-state index contributed by atoms with van der Waals surface area (Å²) in [6.07, 6.45) is 0.120. The molecule has 0 aromatic heterocycles. The summed E-state index contributed by atoms with van der Waals surface area (Å²) in [4.78, 5) is 153. The number of anilines is 1. The summed E-state index contributed by atoms with van der Waals surface area (Å²) in [6, 6.07) is 8.44. The first-order valence-corrected chi connectivity index (χ1v) is 29.0. The van der Waals surface area contributed by atoms with Gasteiger partial charge in [-0.05, 0) is 86.8 Å². The van der Waals surface area contributed by atoms with E-state index in [4.69, 9.17) is 17.3 Å². The number of carboxylic acids is 8. The molecule has 32 heteroatoms. The van der Waals surface area contributed by atoms with Gasteiger partial charge in [-0.15, -0.1) is 0 Å². The van der Waals surface area contributed by atoms with Crippen LogP contribution in [0.25, 0.3) is 0 Å². The second-order valence-electron chi connectivity index (χ2n) is 21.0. The average Bonchev–Trinajstić information content (AvgIpc) is 3.66. The third-order valence-electron chi connectivity index (χ3n) is 13.9. The molecule has 88 heavy (non-hydrogen) atoms. The quantitative estimate of drug-likeness (QED) is 0.0296. The highest BCUT2D eigenvalue weighted by Gasteiger charge is 2.31. The Balaban J connectivity index is 1.55. The molecule has 5 atom stereocenters. The Morgan fingerprint density at radius 1 is 0.466 bits per heavy atom. The summed E-state index contributed by atoms with van der Waals surface area (Å²) >= 11 is 5.50. The molecule has 0 spiro atoms. The highest BCUT2D eigenvalue weighted by Crippen LogP contribution is 2.17. The first-order chi connectivity index (χ1) is 41.8. The molecule has 1 saturated heterocycles. The fraction of sp³-hybridized carbons (Fsp3) is 0.554. The predicted molar refractivity (Wildman–Crippen MR) is 317 cm³/mol. The van der Waals surface area contributed by atoms with E-state index in [-0.39, 0.29) is 116 Å². The first-order valence-electron chi connectivity index (χ1n) is 28.6. The number of thiocarbonyl (C=S) groups is 1. The largest absolute Gasteiger partial charge is 0.481 e. The Hall–Kier alpha value is -8.59. The van der Waals surface area contributed by atoms with E-state index < -0.39 is 134 Å². The third kappa shape index (κ3) is 31.7. The minimum atomic E-state index is -1.59. The highest BCUT2D eigenvalue weighted by molar-refractivity contribution is 7.80. The number of carbonyl (C=O) groups excluding carboxylic acids is 4. The fourth-order valence-electron chi connectivity index (χ4n) is 9.40. The van der Waals surface area contributed by atoms with Crippen molar-refractivity contribution in [2.24, 2.45) is 0 Å². The zero-order chi connectivity index (χ0) is 65.1. The van der Waals surface area contributed by atoms with Crippen molar-refractivity contribution in [2.45, 2.75) is 114 Å². The number of aliphatic carboxylic acids is 8. The van der Waals surface area contributed by atoms with Crippen LogP contribution in [0.4, 0.5) is 10.5 Å². The summed E-state index contributed by atoms with van der Waals surface area (Å²) in [5.74, 6) is -11.9. The van der Waals surface area contributed by atoms with Crippen LogP contribution in [0.3, 0.4) is 0 Å². The van der Waals surface area contributed by atoms with Crippen LogP contribution in [0.5, 0.6) is 0 Å². The Bertz CT molecular complexity index is 2680. The minimum Gasteiger partial charge on any atom is -0.481 e. The van der Waals surface area contributed by atoms with Crippen LogP contribution in [0, 0.1) is 0 Å². The monoisotopic (exact) mass is 1260 g/mol. The molecule has 1 heterocycles. The Labute approximate surface area is 512 Å². The van der Waals surface area contributed by atoms with Gasteiger partial charge in [0.2, 0.25) is 17.7 Å². The molecule has 486 valence electrons. The number of hydrogen-bond acceptors (Lipinski definition) is 17. The Morgan fingerprint density at radius 3 is 1.53 bits per heavy atom. The van der Waals surface area contributed by atoms with Crippen LogP contribution in [0.15, 0.2) is 54.6 Å². The Morgan fingerprint density at radius 2 is 0.977 bits per heavy atom. The van der Waals surface area contributed by atoms with Gasteiger partial charge in [-0.25, -0.2) is 14.4 Å². The molecule has 0 radical (unpaired) electrons. The van der Waals surface area contributed by atoms with E-state index >= 15 is 0 Å². The van der Waals surface area contributed by atoms with E-state index in [2.05, 4.69) is 31.9 Å². The molecule has 0 saturated carbocycles. The van der Waals surface area contributed by atoms with Gasteiger partial charge in [0, 0.05) is 96.3 Å². The molecule has 0 bridgehead atoms. The van der Waals surface area contributed by atoms with Crippen molar-refractivity contribution in [3.05, 3.63) is 65.7 Å². The van der Waals surface area contributed by atoms with Crippen LogP contribution in [0.2, 0.25) is 0 Å². The standard InChI is InChI=1S/C56H81N11O20S/c68-44(60-40(17-19-45(69)70)52(82)61-43(30-36-9-3-1-4-10-36)51(81)57-21-8-6-11-41(53(83)84)62-55(87)63-42(54(85)86)18-20-46(71)72)12-5-2-7-22-58-56(88)59-38-15-13-37(14-16-38)29-39-31-66(34-49(77)78)26-25-64(32-47(73)74)23-24-65(33-48(75)76)27-28-67(39)35-50(79)80/h1,3-4,9-10,13-16,39-43H,2,5-8,11-12,17-35H2,(H,57,81)(H,60,68)(H,61,82)(H,69,70)(H,71,72)(H,73,74)(H,75,76)(H,77,78)(H,79,80)(H,83,84)(H,85,86)(H2,58,59,88)(H2,62,63,87)/t39-,40+,41+,42+,43+/m1/s1. The zero-order valence-electron chi connectivity index (χ0n) is 48.6. The molecule has 5 amide bonds. The molecule has 31 nitrogen and oxygen atoms in total. The number of urea groups is 1. The highest BCUT2D eigenvalue weighted by atomic mass is 32.1. The van der Waals surface area contributed by atoms with Crippen LogP contribution < -0.4 is 37.2 Å². The van der Waals surface area contributed by atoms with E-state index in [1.165, 1.54) is 0 Å². The predicted octanol–water partition coefficient (Wildman–Crippen LogP) is -0.562. The number of benzene rings is 2. The van der Waals surface area contributed by atoms with Gasteiger partial charge in [-0.2, -0.15) is 0 Å². The molecule has 15 N–H and O–H groups in total. The molecule has 1 fully saturated rings. The molecule has 2 aromatic carbocycles. The van der Waals surface area contributed by atoms with E-state index in [9.17, 15) is 93.3 Å². The molecule has 1 aliphatic heterocycles. The van der Waals surface area contributed by atoms with Gasteiger partial charge >= 0.3 is 53.8 Å². The summed E-state index contributed by atoms with van der Waals surface area (Å²) in [5, 5.41) is 94.7. The van der Waals surface area contributed by atoms with Gasteiger partial charge in [0.1, 0.15) is 24.2 Å². The zero-order valence-corrected chi connectivity index (χ0v) is 49.5. The smallest absolute Gasteiger partial charge is 0.326 e. The lowest BCUT2D eigenvalue weighted by molar-refractivity contribution is -0.142. The third-order valence-corrected chi connectivity index (χ3v) is 14.2. The van der Waals surface area contributed by atoms with E-state index in [1.54, 1.807) is 74.2 Å². The van der Waals surface area contributed by atoms with Crippen LogP contribution in [-0.4, -0.2) is 252 Å². The summed E-state index contributed by atoms with van der Waals surface area (Å²) in [5.41, 5.74) is 2.03. The van der Waals surface area contributed by atoms with Crippen molar-refractivity contribution in [3.8, 4) is 0 Å². The lowest BCUT2D eigenvalue weighted by atomic mass is 10.0. The van der Waals surface area contributed by atoms with E-state index in [1.807, 2.05) is 5.32 Å². The lowest BCUT2D eigenvalue weighted by Gasteiger charge is -2.37. The van der Waals surface area contributed by atoms with Crippen LogP contribution >= 0.6 is 12.2 Å². The average molecular weight is 1260 g/mol. The Kier molecular flexibility index (Phi) is 33.5. The fourth-order valence-corrected chi connectivity index (χ4v) is 9.62. The van der Waals surface area contributed by atoms with Gasteiger partial charge in [-0.3, -0.25) is 62.8 Å². The number of amides is 5. The second kappa shape index (κ2) is 40.0. The molecular formula is C56H81N11O20S. The van der Waals surface area contributed by atoms with Gasteiger partial charge < -0.3 is 78.1 Å². The second-order valence-corrected chi connectivity index (χ2v) is 21.4. The molecule has 0 unspecified atom stereocenters. The first kappa shape index (κ1) is 73.7. The molecule has 2 aromatic rings.